The van der Waals surface area contributed by atoms with Gasteiger partial charge in [-0.1, -0.05) is 0 Å². The van der Waals surface area contributed by atoms with Crippen molar-refractivity contribution in [2.45, 2.75) is 19.1 Å². The summed E-state index contributed by atoms with van der Waals surface area (Å²) in [5, 5.41) is 13.7. The lowest BCUT2D eigenvalue weighted by molar-refractivity contribution is -0.137. The number of hydrogen-bond donors (Lipinski definition) is 3. The average Bonchev–Trinajstić information content (AvgIpc) is 2.89. The van der Waals surface area contributed by atoms with E-state index in [1.165, 1.54) is 35.9 Å². The van der Waals surface area contributed by atoms with E-state index >= 15 is 0 Å². The fourth-order valence-electron chi connectivity index (χ4n) is 3.86. The van der Waals surface area contributed by atoms with Crippen LogP contribution in [0.25, 0.3) is 0 Å². The molecule has 192 valence electrons. The number of nitrogens with one attached hydrogen (secondary N) is 1. The van der Waals surface area contributed by atoms with Gasteiger partial charge in [0.1, 0.15) is 18.8 Å². The molecule has 13 heteroatoms. The number of nitrogens with zero attached hydrogens (tertiary/aromatic N) is 6. The molecule has 1 aliphatic rings. The molecule has 2 aromatic heterocycles. The summed E-state index contributed by atoms with van der Waals surface area (Å²) in [6.07, 6.45) is 1.77. The highest BCUT2D eigenvalue weighted by Crippen LogP contribution is 2.36. The number of halogens is 3. The molecule has 0 atom stereocenters. The third-order valence-corrected chi connectivity index (χ3v) is 5.68. The highest BCUT2D eigenvalue weighted by atomic mass is 19.4. The number of fused-ring (bicyclic) bond motifs is 1. The summed E-state index contributed by atoms with van der Waals surface area (Å²) in [4.78, 5) is 14.8. The van der Waals surface area contributed by atoms with Gasteiger partial charge in [0.15, 0.2) is 0 Å². The molecule has 4 rings (SSSR count). The molecule has 0 aliphatic carbocycles. The molecule has 0 saturated heterocycles. The SMILES string of the molecule is N#Cc1ccc(N2CCc3c(ncnc3Nc3ccc(OCCN(N)/C=C\N)nc3)C2)cc1C(F)(F)F. The normalized spacial score (nSPS) is 13.2. The number of pyridine rings is 1. The van der Waals surface area contributed by atoms with Crippen LogP contribution in [0.15, 0.2) is 55.3 Å². The second kappa shape index (κ2) is 11.0. The van der Waals surface area contributed by atoms with E-state index in [-0.39, 0.29) is 0 Å². The van der Waals surface area contributed by atoms with E-state index in [0.717, 1.165) is 11.6 Å². The second-order valence-electron chi connectivity index (χ2n) is 8.10. The average molecular weight is 512 g/mol. The van der Waals surface area contributed by atoms with Crippen LogP contribution in [0, 0.1) is 11.3 Å². The van der Waals surface area contributed by atoms with Crippen LogP contribution in [-0.4, -0.2) is 39.7 Å². The summed E-state index contributed by atoms with van der Waals surface area (Å²) in [6, 6.07) is 8.84. The summed E-state index contributed by atoms with van der Waals surface area (Å²) in [5.74, 6) is 6.70. The zero-order chi connectivity index (χ0) is 26.4. The van der Waals surface area contributed by atoms with Gasteiger partial charge >= 0.3 is 6.18 Å². The van der Waals surface area contributed by atoms with E-state index in [1.807, 2.05) is 0 Å². The smallest absolute Gasteiger partial charge is 0.417 e. The Bertz CT molecular complexity index is 1310. The van der Waals surface area contributed by atoms with Gasteiger partial charge in [0.05, 0.1) is 47.9 Å². The fourth-order valence-corrected chi connectivity index (χ4v) is 3.86. The Morgan fingerprint density at radius 3 is 2.76 bits per heavy atom. The monoisotopic (exact) mass is 511 g/mol. The van der Waals surface area contributed by atoms with Crippen LogP contribution < -0.4 is 26.5 Å². The predicted molar refractivity (Wildman–Crippen MR) is 130 cm³/mol. The van der Waals surface area contributed by atoms with Gasteiger partial charge in [-0.25, -0.2) is 20.8 Å². The maximum atomic E-state index is 13.4. The third-order valence-electron chi connectivity index (χ3n) is 5.68. The summed E-state index contributed by atoms with van der Waals surface area (Å²) in [5.41, 5.74) is 6.56. The molecule has 3 aromatic rings. The van der Waals surface area contributed by atoms with Crippen LogP contribution >= 0.6 is 0 Å². The lowest BCUT2D eigenvalue weighted by Crippen LogP contribution is -2.32. The number of hydrazine groups is 1. The molecule has 0 amide bonds. The summed E-state index contributed by atoms with van der Waals surface area (Å²) in [6.45, 7) is 1.51. The largest absolute Gasteiger partial charge is 0.476 e. The molecule has 37 heavy (non-hydrogen) atoms. The van der Waals surface area contributed by atoms with Gasteiger partial charge in [-0.3, -0.25) is 0 Å². The first-order valence-corrected chi connectivity index (χ1v) is 11.2. The minimum Gasteiger partial charge on any atom is -0.476 e. The van der Waals surface area contributed by atoms with Crippen molar-refractivity contribution in [1.82, 2.24) is 20.0 Å². The fraction of sp³-hybridized carbons (Fsp3) is 0.250. The van der Waals surface area contributed by atoms with E-state index in [1.54, 1.807) is 29.3 Å². The van der Waals surface area contributed by atoms with Crippen molar-refractivity contribution < 1.29 is 17.9 Å². The summed E-state index contributed by atoms with van der Waals surface area (Å²) in [7, 11) is 0. The standard InChI is InChI=1S/C24H24F3N9O/c25-24(26,27)20-11-18(3-1-16(20)12-29)35-7-5-19-21(14-35)32-15-33-23(19)34-17-2-4-22(31-13-17)37-10-9-36(30)8-6-28/h1-4,6,8,11,13,15H,5,7,9-10,14,28,30H2,(H,32,33,34)/b8-6-. The van der Waals surface area contributed by atoms with Gasteiger partial charge in [0.25, 0.3) is 0 Å². The molecular formula is C24H24F3N9O. The van der Waals surface area contributed by atoms with Crippen LogP contribution in [0.1, 0.15) is 22.4 Å². The summed E-state index contributed by atoms with van der Waals surface area (Å²) < 4.78 is 45.8. The van der Waals surface area contributed by atoms with Crippen LogP contribution in [-0.2, 0) is 19.1 Å². The number of ether oxygens (including phenoxy) is 1. The first-order valence-electron chi connectivity index (χ1n) is 11.2. The first-order chi connectivity index (χ1) is 17.8. The molecular weight excluding hydrogens is 487 g/mol. The van der Waals surface area contributed by atoms with Gasteiger partial charge in [-0.2, -0.15) is 18.4 Å². The Hall–Kier alpha value is -4.57. The van der Waals surface area contributed by atoms with Gasteiger partial charge < -0.3 is 25.7 Å². The molecule has 0 saturated carbocycles. The lowest BCUT2D eigenvalue weighted by atomic mass is 10.0. The molecule has 0 fully saturated rings. The zero-order valence-electron chi connectivity index (χ0n) is 19.6. The maximum Gasteiger partial charge on any atom is 0.417 e. The summed E-state index contributed by atoms with van der Waals surface area (Å²) >= 11 is 0. The van der Waals surface area contributed by atoms with Gasteiger partial charge in [0.2, 0.25) is 5.88 Å². The number of hydrogen-bond acceptors (Lipinski definition) is 10. The molecule has 1 aliphatic heterocycles. The van der Waals surface area contributed by atoms with E-state index < -0.39 is 17.3 Å². The van der Waals surface area contributed by atoms with Gasteiger partial charge in [0, 0.05) is 36.3 Å². The van der Waals surface area contributed by atoms with Crippen molar-refractivity contribution in [3.8, 4) is 11.9 Å². The Labute approximate surface area is 211 Å². The highest BCUT2D eigenvalue weighted by molar-refractivity contribution is 5.62. The van der Waals surface area contributed by atoms with E-state index in [0.29, 0.717) is 61.4 Å². The van der Waals surface area contributed by atoms with Crippen molar-refractivity contribution in [2.24, 2.45) is 11.6 Å². The lowest BCUT2D eigenvalue weighted by Gasteiger charge is -2.31. The minimum atomic E-state index is -4.62. The predicted octanol–water partition coefficient (Wildman–Crippen LogP) is 3.05. The van der Waals surface area contributed by atoms with E-state index in [9.17, 15) is 13.2 Å². The Balaban J connectivity index is 1.44. The van der Waals surface area contributed by atoms with Crippen molar-refractivity contribution in [2.75, 3.05) is 29.9 Å². The Morgan fingerprint density at radius 1 is 1.22 bits per heavy atom. The molecule has 10 nitrogen and oxygen atoms in total. The maximum absolute atomic E-state index is 13.4. The van der Waals surface area contributed by atoms with Gasteiger partial charge in [-0.15, -0.1) is 0 Å². The highest BCUT2D eigenvalue weighted by Gasteiger charge is 2.34. The van der Waals surface area contributed by atoms with E-state index in [4.69, 9.17) is 21.6 Å². The third kappa shape index (κ3) is 6.17. The van der Waals surface area contributed by atoms with Crippen molar-refractivity contribution in [3.05, 3.63) is 77.6 Å². The topological polar surface area (TPSA) is 142 Å². The van der Waals surface area contributed by atoms with Crippen LogP contribution in [0.4, 0.5) is 30.4 Å². The Morgan fingerprint density at radius 2 is 2.05 bits per heavy atom. The van der Waals surface area contributed by atoms with Crippen molar-refractivity contribution in [1.29, 1.82) is 5.26 Å². The van der Waals surface area contributed by atoms with Crippen LogP contribution in [0.5, 0.6) is 5.88 Å². The number of aromatic nitrogens is 3. The number of benzene rings is 1. The number of anilines is 3. The number of alkyl halides is 3. The van der Waals surface area contributed by atoms with Crippen LogP contribution in [0.3, 0.4) is 0 Å². The molecule has 3 heterocycles. The quantitative estimate of drug-likeness (QED) is 0.305. The molecule has 0 unspecified atom stereocenters. The van der Waals surface area contributed by atoms with Crippen LogP contribution in [0.2, 0.25) is 0 Å². The van der Waals surface area contributed by atoms with E-state index in [2.05, 4.69) is 20.3 Å². The molecule has 0 radical (unpaired) electrons. The van der Waals surface area contributed by atoms with Crippen molar-refractivity contribution in [3.63, 3.8) is 0 Å². The number of nitrogens with two attached hydrogens (primary N) is 2. The minimum absolute atomic E-state index is 0.304. The number of rotatable bonds is 8. The second-order valence-corrected chi connectivity index (χ2v) is 8.10. The molecule has 0 spiro atoms. The van der Waals surface area contributed by atoms with Crippen molar-refractivity contribution >= 4 is 17.2 Å². The molecule has 1 aromatic carbocycles. The zero-order valence-corrected chi connectivity index (χ0v) is 19.6. The number of nitriles is 1. The van der Waals surface area contributed by atoms with Gasteiger partial charge in [-0.05, 0) is 30.7 Å². The molecule has 0 bridgehead atoms. The molecule has 5 N–H and O–H groups in total. The first kappa shape index (κ1) is 25.5. The Kier molecular flexibility index (Phi) is 7.59.